The van der Waals surface area contributed by atoms with Crippen molar-refractivity contribution in [2.24, 2.45) is 4.99 Å². The first kappa shape index (κ1) is 19.5. The first-order valence-electron chi connectivity index (χ1n) is 7.96. The molecule has 0 aliphatic heterocycles. The van der Waals surface area contributed by atoms with Crippen molar-refractivity contribution in [2.75, 3.05) is 12.8 Å². The van der Waals surface area contributed by atoms with Gasteiger partial charge in [-0.25, -0.2) is 0 Å². The normalized spacial score (nSPS) is 11.7. The average Bonchev–Trinajstić information content (AvgIpc) is 3.17. The average molecular weight is 419 g/mol. The van der Waals surface area contributed by atoms with Crippen molar-refractivity contribution < 1.29 is 4.52 Å². The lowest BCUT2D eigenvalue weighted by Gasteiger charge is -2.04. The Labute approximate surface area is 169 Å². The van der Waals surface area contributed by atoms with Gasteiger partial charge in [-0.05, 0) is 22.0 Å². The van der Waals surface area contributed by atoms with Crippen molar-refractivity contribution in [1.29, 1.82) is 0 Å². The number of aromatic nitrogens is 1. The summed E-state index contributed by atoms with van der Waals surface area (Å²) < 4.78 is 5.43. The highest BCUT2D eigenvalue weighted by molar-refractivity contribution is 9.09. The number of benzene rings is 2. The van der Waals surface area contributed by atoms with E-state index >= 15 is 0 Å². The Hall–Kier alpha value is -1.28. The molecule has 3 aromatic rings. The van der Waals surface area contributed by atoms with Crippen LogP contribution in [0.15, 0.2) is 81.1 Å². The highest BCUT2D eigenvalue weighted by Crippen LogP contribution is 2.38. The van der Waals surface area contributed by atoms with E-state index in [4.69, 9.17) is 4.52 Å². The van der Waals surface area contributed by atoms with Gasteiger partial charge in [0.25, 0.3) is 0 Å². The largest absolute Gasteiger partial charge is 0.356 e. The minimum atomic E-state index is 0.818. The van der Waals surface area contributed by atoms with Crippen molar-refractivity contribution in [3.8, 4) is 11.3 Å². The lowest BCUT2D eigenvalue weighted by molar-refractivity contribution is 0.426. The van der Waals surface area contributed by atoms with Crippen LogP contribution in [0.3, 0.4) is 0 Å². The van der Waals surface area contributed by atoms with Crippen LogP contribution in [0.2, 0.25) is 0 Å². The number of hydrogen-bond donors (Lipinski definition) is 0. The van der Waals surface area contributed by atoms with Crippen LogP contribution in [-0.2, 0) is 5.75 Å². The van der Waals surface area contributed by atoms with Crippen LogP contribution >= 0.6 is 43.2 Å². The third-order valence-electron chi connectivity index (χ3n) is 3.33. The van der Waals surface area contributed by atoms with E-state index in [0.717, 1.165) is 33.6 Å². The van der Waals surface area contributed by atoms with Crippen LogP contribution in [0.4, 0.5) is 0 Å². The summed E-state index contributed by atoms with van der Waals surface area (Å²) in [6.07, 6.45) is 0. The van der Waals surface area contributed by atoms with E-state index < -0.39 is 0 Å². The Kier molecular flexibility index (Phi) is 8.07. The lowest BCUT2D eigenvalue weighted by atomic mass is 10.2. The molecule has 0 spiro atoms. The first-order valence-corrected chi connectivity index (χ1v) is 12.6. The topological polar surface area (TPSA) is 38.4 Å². The van der Waals surface area contributed by atoms with Gasteiger partial charge >= 0.3 is 0 Å². The molecular weight excluding hydrogens is 400 g/mol. The molecule has 0 radical (unpaired) electrons. The Morgan fingerprint density at radius 1 is 1.00 bits per heavy atom. The Morgan fingerprint density at radius 2 is 1.73 bits per heavy atom. The first-order chi connectivity index (χ1) is 12.8. The van der Waals surface area contributed by atoms with Gasteiger partial charge in [-0.2, -0.15) is 0 Å². The minimum Gasteiger partial charge on any atom is -0.356 e. The maximum absolute atomic E-state index is 5.43. The number of thioether (sulfide) groups is 1. The monoisotopic (exact) mass is 418 g/mol. The molecule has 1 heterocycles. The molecule has 0 atom stereocenters. The van der Waals surface area contributed by atoms with Gasteiger partial charge in [0.1, 0.15) is 0 Å². The summed E-state index contributed by atoms with van der Waals surface area (Å²) in [5.74, 6) is 2.53. The van der Waals surface area contributed by atoms with Crippen LogP contribution in [0, 0.1) is 0 Å². The van der Waals surface area contributed by atoms with Crippen LogP contribution in [-0.4, -0.2) is 23.0 Å². The molecule has 0 bridgehead atoms. The number of aliphatic imine (C=N–C) groups is 1. The van der Waals surface area contributed by atoms with Gasteiger partial charge in [0, 0.05) is 23.6 Å². The molecule has 7 heteroatoms. The summed E-state index contributed by atoms with van der Waals surface area (Å²) in [5, 5.41) is 5.28. The molecule has 0 saturated heterocycles. The van der Waals surface area contributed by atoms with Gasteiger partial charge in [-0.1, -0.05) is 87.0 Å². The van der Waals surface area contributed by atoms with Gasteiger partial charge in [0.2, 0.25) is 0 Å². The highest BCUT2D eigenvalue weighted by atomic mass is 33.5. The van der Waals surface area contributed by atoms with Crippen molar-refractivity contribution in [3.05, 3.63) is 72.4 Å². The number of hydrogen-bond acceptors (Lipinski definition) is 7. The second kappa shape index (κ2) is 10.8. The summed E-state index contributed by atoms with van der Waals surface area (Å²) in [5.41, 5.74) is 2.02. The maximum Gasteiger partial charge on any atom is 0.167 e. The molecule has 0 amide bonds. The molecule has 0 N–H and O–H groups in total. The smallest absolute Gasteiger partial charge is 0.167 e. The minimum absolute atomic E-state index is 0.818. The zero-order valence-electron chi connectivity index (χ0n) is 14.2. The molecule has 1 aromatic heterocycles. The third-order valence-corrected chi connectivity index (χ3v) is 8.60. The SMILES string of the molecule is CN=C(CSSSCc1cc(-c2ccccc2)on1)Sc1ccccc1. The second-order valence-corrected chi connectivity index (χ2v) is 10.6. The molecule has 0 fully saturated rings. The molecule has 0 unspecified atom stereocenters. The standard InChI is InChI=1S/C19H18N2OS4/c1-20-19(25-17-10-6-3-7-11-17)14-24-26-23-13-16-12-18(22-21-16)15-8-4-2-5-9-15/h2-12H,13-14H2,1H3. The summed E-state index contributed by atoms with van der Waals surface area (Å²) in [6, 6.07) is 22.4. The van der Waals surface area contributed by atoms with Crippen molar-refractivity contribution in [3.63, 3.8) is 0 Å². The van der Waals surface area contributed by atoms with Gasteiger partial charge in [0.05, 0.1) is 22.2 Å². The van der Waals surface area contributed by atoms with E-state index in [1.54, 1.807) is 43.2 Å². The zero-order valence-corrected chi connectivity index (χ0v) is 17.5. The predicted octanol–water partition coefficient (Wildman–Crippen LogP) is 6.69. The zero-order chi connectivity index (χ0) is 18.0. The van der Waals surface area contributed by atoms with Gasteiger partial charge < -0.3 is 4.52 Å². The van der Waals surface area contributed by atoms with E-state index in [1.165, 1.54) is 4.90 Å². The molecule has 3 rings (SSSR count). The van der Waals surface area contributed by atoms with E-state index in [9.17, 15) is 0 Å². The van der Waals surface area contributed by atoms with Crippen molar-refractivity contribution in [1.82, 2.24) is 5.16 Å². The molecule has 0 aliphatic carbocycles. The molecule has 0 aliphatic rings. The lowest BCUT2D eigenvalue weighted by Crippen LogP contribution is -1.94. The van der Waals surface area contributed by atoms with Crippen LogP contribution in [0.25, 0.3) is 11.3 Å². The van der Waals surface area contributed by atoms with E-state index in [2.05, 4.69) is 34.4 Å². The Balaban J connectivity index is 1.38. The van der Waals surface area contributed by atoms with Crippen LogP contribution in [0.5, 0.6) is 0 Å². The van der Waals surface area contributed by atoms with Gasteiger partial charge in [-0.15, -0.1) is 0 Å². The van der Waals surface area contributed by atoms with Crippen molar-refractivity contribution >= 4 is 48.2 Å². The van der Waals surface area contributed by atoms with Crippen molar-refractivity contribution in [2.45, 2.75) is 10.6 Å². The summed E-state index contributed by atoms with van der Waals surface area (Å²) in [4.78, 5) is 5.61. The summed E-state index contributed by atoms with van der Waals surface area (Å²) in [6.45, 7) is 0. The Morgan fingerprint density at radius 3 is 2.46 bits per heavy atom. The molecule has 0 saturated carbocycles. The Bertz CT molecular complexity index is 822. The summed E-state index contributed by atoms with van der Waals surface area (Å²) in [7, 11) is 7.18. The van der Waals surface area contributed by atoms with E-state index in [-0.39, 0.29) is 0 Å². The predicted molar refractivity (Wildman–Crippen MR) is 119 cm³/mol. The highest BCUT2D eigenvalue weighted by Gasteiger charge is 2.07. The second-order valence-electron chi connectivity index (χ2n) is 5.17. The van der Waals surface area contributed by atoms with Gasteiger partial charge in [-0.3, -0.25) is 4.99 Å². The third kappa shape index (κ3) is 6.16. The molecule has 134 valence electrons. The molecule has 26 heavy (non-hydrogen) atoms. The summed E-state index contributed by atoms with van der Waals surface area (Å²) >= 11 is 1.72. The number of nitrogens with zero attached hydrogens (tertiary/aromatic N) is 2. The fourth-order valence-corrected chi connectivity index (χ4v) is 6.69. The molecular formula is C19H18N2OS4. The van der Waals surface area contributed by atoms with E-state index in [1.807, 2.05) is 49.5 Å². The molecule has 2 aromatic carbocycles. The number of rotatable bonds is 8. The maximum atomic E-state index is 5.43. The fourth-order valence-electron chi connectivity index (χ4n) is 2.08. The quantitative estimate of drug-likeness (QED) is 0.133. The van der Waals surface area contributed by atoms with Crippen LogP contribution < -0.4 is 0 Å². The van der Waals surface area contributed by atoms with Crippen LogP contribution in [0.1, 0.15) is 5.69 Å². The fraction of sp³-hybridized carbons (Fsp3) is 0.158. The van der Waals surface area contributed by atoms with E-state index in [0.29, 0.717) is 0 Å². The van der Waals surface area contributed by atoms with Gasteiger partial charge in [0.15, 0.2) is 5.76 Å². The molecule has 3 nitrogen and oxygen atoms in total.